The topological polar surface area (TPSA) is 77.1 Å². The molecule has 156 valence electrons. The second-order valence-electron chi connectivity index (χ2n) is 7.53. The van der Waals surface area contributed by atoms with E-state index >= 15 is 0 Å². The summed E-state index contributed by atoms with van der Waals surface area (Å²) in [5.41, 5.74) is 3.58. The van der Waals surface area contributed by atoms with Gasteiger partial charge >= 0.3 is 0 Å². The van der Waals surface area contributed by atoms with E-state index in [1.54, 1.807) is 21.7 Å². The van der Waals surface area contributed by atoms with E-state index in [0.29, 0.717) is 43.3 Å². The van der Waals surface area contributed by atoms with Gasteiger partial charge in [0.25, 0.3) is 11.8 Å². The fraction of sp³-hybridized carbons (Fsp3) is 0.217. The highest BCUT2D eigenvalue weighted by Gasteiger charge is 2.30. The smallest absolute Gasteiger partial charge is 0.278 e. The van der Waals surface area contributed by atoms with E-state index < -0.39 is 5.82 Å². The summed E-state index contributed by atoms with van der Waals surface area (Å²) in [5, 5.41) is 8.67. The summed E-state index contributed by atoms with van der Waals surface area (Å²) in [7, 11) is 1.86. The van der Waals surface area contributed by atoms with Crippen molar-refractivity contribution in [2.45, 2.75) is 19.4 Å². The number of hydrogen-bond donors (Lipinski definition) is 0. The van der Waals surface area contributed by atoms with Crippen molar-refractivity contribution in [1.82, 2.24) is 24.8 Å². The Morgan fingerprint density at radius 3 is 2.71 bits per heavy atom. The minimum atomic E-state index is -0.521. The number of rotatable bonds is 4. The summed E-state index contributed by atoms with van der Waals surface area (Å²) in [6.07, 6.45) is 1.17. The Morgan fingerprint density at radius 2 is 1.90 bits per heavy atom. The summed E-state index contributed by atoms with van der Waals surface area (Å²) >= 11 is 0. The second kappa shape index (κ2) is 7.79. The van der Waals surface area contributed by atoms with Crippen molar-refractivity contribution < 1.29 is 13.7 Å². The van der Waals surface area contributed by atoms with Crippen molar-refractivity contribution >= 4 is 5.91 Å². The Balaban J connectivity index is 1.42. The first kappa shape index (κ1) is 19.2. The van der Waals surface area contributed by atoms with Gasteiger partial charge in [0.05, 0.1) is 12.1 Å². The number of halogens is 1. The number of fused-ring (bicyclic) bond motifs is 1. The molecule has 7 nitrogen and oxygen atoms in total. The Bertz CT molecular complexity index is 1250. The highest BCUT2D eigenvalue weighted by molar-refractivity contribution is 5.94. The molecule has 2 aromatic heterocycles. The van der Waals surface area contributed by atoms with Crippen LogP contribution >= 0.6 is 0 Å². The zero-order chi connectivity index (χ0) is 21.4. The summed E-state index contributed by atoms with van der Waals surface area (Å²) in [4.78, 5) is 19.1. The summed E-state index contributed by atoms with van der Waals surface area (Å²) in [6.45, 7) is 0.796. The zero-order valence-corrected chi connectivity index (χ0v) is 17.0. The van der Waals surface area contributed by atoms with Crippen LogP contribution in [0, 0.1) is 5.82 Å². The fourth-order valence-electron chi connectivity index (χ4n) is 3.94. The van der Waals surface area contributed by atoms with Gasteiger partial charge in [-0.2, -0.15) is 10.1 Å². The number of carbonyl (C=O) groups excluding carboxylic acids is 1. The van der Waals surface area contributed by atoms with E-state index in [0.717, 1.165) is 16.8 Å². The Hall–Kier alpha value is -3.81. The Morgan fingerprint density at radius 1 is 1.13 bits per heavy atom. The molecule has 0 saturated carbocycles. The molecule has 31 heavy (non-hydrogen) atoms. The van der Waals surface area contributed by atoms with Crippen LogP contribution in [0.2, 0.25) is 0 Å². The molecule has 0 spiro atoms. The lowest BCUT2D eigenvalue weighted by Gasteiger charge is -2.27. The molecule has 3 heterocycles. The van der Waals surface area contributed by atoms with Gasteiger partial charge in [-0.15, -0.1) is 0 Å². The average molecular weight is 417 g/mol. The summed E-state index contributed by atoms with van der Waals surface area (Å²) < 4.78 is 21.4. The molecule has 8 heteroatoms. The standard InChI is InChI=1S/C23H20FN5O2/c1-28-19-11-12-29(23(30)16-9-5-6-10-18(16)24)14-17(19)21(26-28)22-25-20(27-31-22)13-15-7-3-2-4-8-15/h2-10H,11-14H2,1H3. The average Bonchev–Trinajstić information content (AvgIpc) is 3.38. The predicted molar refractivity (Wildman–Crippen MR) is 111 cm³/mol. The van der Waals surface area contributed by atoms with Gasteiger partial charge in [0, 0.05) is 37.7 Å². The number of hydrogen-bond acceptors (Lipinski definition) is 5. The molecule has 0 N–H and O–H groups in total. The SMILES string of the molecule is Cn1nc(-c2nc(Cc3ccccc3)no2)c2c1CCN(C(=O)c1ccccc1F)C2. The van der Waals surface area contributed by atoms with Crippen molar-refractivity contribution in [2.75, 3.05) is 6.54 Å². The number of aromatic nitrogens is 4. The van der Waals surface area contributed by atoms with Crippen LogP contribution in [0.25, 0.3) is 11.6 Å². The van der Waals surface area contributed by atoms with E-state index in [4.69, 9.17) is 4.52 Å². The molecule has 2 aromatic carbocycles. The summed E-state index contributed by atoms with van der Waals surface area (Å²) in [5.74, 6) is 0.0275. The van der Waals surface area contributed by atoms with Crippen molar-refractivity contribution in [1.29, 1.82) is 0 Å². The van der Waals surface area contributed by atoms with Crippen LogP contribution in [0.15, 0.2) is 59.1 Å². The van der Waals surface area contributed by atoms with Crippen LogP contribution in [0.5, 0.6) is 0 Å². The van der Waals surface area contributed by atoms with Gasteiger partial charge in [-0.05, 0) is 17.7 Å². The van der Waals surface area contributed by atoms with Gasteiger partial charge in [-0.25, -0.2) is 4.39 Å². The molecule has 0 atom stereocenters. The molecule has 0 unspecified atom stereocenters. The van der Waals surface area contributed by atoms with Gasteiger partial charge < -0.3 is 9.42 Å². The molecule has 0 saturated heterocycles. The third-order valence-electron chi connectivity index (χ3n) is 5.51. The van der Waals surface area contributed by atoms with Crippen LogP contribution in [0.3, 0.4) is 0 Å². The lowest BCUT2D eigenvalue weighted by Crippen LogP contribution is -2.36. The first-order valence-electron chi connectivity index (χ1n) is 10.1. The largest absolute Gasteiger partial charge is 0.334 e. The number of nitrogens with zero attached hydrogens (tertiary/aromatic N) is 5. The van der Waals surface area contributed by atoms with Crippen molar-refractivity contribution in [3.63, 3.8) is 0 Å². The number of aryl methyl sites for hydroxylation is 1. The van der Waals surface area contributed by atoms with Crippen LogP contribution < -0.4 is 0 Å². The van der Waals surface area contributed by atoms with Crippen LogP contribution in [-0.4, -0.2) is 37.3 Å². The highest BCUT2D eigenvalue weighted by atomic mass is 19.1. The Labute approximate surface area is 178 Å². The maximum atomic E-state index is 14.1. The number of amides is 1. The lowest BCUT2D eigenvalue weighted by atomic mass is 10.0. The van der Waals surface area contributed by atoms with Crippen molar-refractivity contribution in [2.24, 2.45) is 7.05 Å². The minimum absolute atomic E-state index is 0.0688. The maximum absolute atomic E-state index is 14.1. The maximum Gasteiger partial charge on any atom is 0.278 e. The molecule has 0 radical (unpaired) electrons. The first-order chi connectivity index (χ1) is 15.1. The van der Waals surface area contributed by atoms with Crippen LogP contribution in [0.4, 0.5) is 4.39 Å². The summed E-state index contributed by atoms with van der Waals surface area (Å²) in [6, 6.07) is 15.9. The normalized spacial score (nSPS) is 13.3. The molecular weight excluding hydrogens is 397 g/mol. The molecule has 1 amide bonds. The fourth-order valence-corrected chi connectivity index (χ4v) is 3.94. The van der Waals surface area contributed by atoms with E-state index in [-0.39, 0.29) is 11.5 Å². The quantitative estimate of drug-likeness (QED) is 0.509. The number of carbonyl (C=O) groups is 1. The molecule has 0 bridgehead atoms. The van der Waals surface area contributed by atoms with E-state index in [1.165, 1.54) is 12.1 Å². The van der Waals surface area contributed by atoms with E-state index in [9.17, 15) is 9.18 Å². The molecule has 0 aliphatic carbocycles. The second-order valence-corrected chi connectivity index (χ2v) is 7.53. The predicted octanol–water partition coefficient (Wildman–Crippen LogP) is 3.40. The molecule has 1 aliphatic rings. The van der Waals surface area contributed by atoms with Crippen LogP contribution in [-0.2, 0) is 26.4 Å². The lowest BCUT2D eigenvalue weighted by molar-refractivity contribution is 0.0729. The van der Waals surface area contributed by atoms with Crippen LogP contribution in [0.1, 0.15) is 33.0 Å². The van der Waals surface area contributed by atoms with E-state index in [2.05, 4.69) is 15.2 Å². The third-order valence-corrected chi connectivity index (χ3v) is 5.51. The molecule has 4 aromatic rings. The van der Waals surface area contributed by atoms with Gasteiger partial charge in [-0.3, -0.25) is 9.48 Å². The van der Waals surface area contributed by atoms with Gasteiger partial charge in [-0.1, -0.05) is 47.6 Å². The molecule has 0 fully saturated rings. The third kappa shape index (κ3) is 3.61. The monoisotopic (exact) mass is 417 g/mol. The van der Waals surface area contributed by atoms with Gasteiger partial charge in [0.15, 0.2) is 11.5 Å². The van der Waals surface area contributed by atoms with Crippen molar-refractivity contribution in [3.05, 3.63) is 88.6 Å². The zero-order valence-electron chi connectivity index (χ0n) is 17.0. The van der Waals surface area contributed by atoms with Gasteiger partial charge in [0.1, 0.15) is 5.82 Å². The number of benzene rings is 2. The van der Waals surface area contributed by atoms with Gasteiger partial charge in [0.2, 0.25) is 0 Å². The minimum Gasteiger partial charge on any atom is -0.334 e. The molecular formula is C23H20FN5O2. The van der Waals surface area contributed by atoms with E-state index in [1.807, 2.05) is 37.4 Å². The first-order valence-corrected chi connectivity index (χ1v) is 10.1. The highest BCUT2D eigenvalue weighted by Crippen LogP contribution is 2.30. The Kier molecular flexibility index (Phi) is 4.82. The molecule has 1 aliphatic heterocycles. The molecule has 5 rings (SSSR count). The van der Waals surface area contributed by atoms with Crippen molar-refractivity contribution in [3.8, 4) is 11.6 Å².